The number of hydrogen-bond donors (Lipinski definition) is 2. The summed E-state index contributed by atoms with van der Waals surface area (Å²) in [5.41, 5.74) is 8.08. The van der Waals surface area contributed by atoms with E-state index in [0.717, 1.165) is 17.7 Å². The number of nitrogens with two attached hydrogens (primary N) is 1. The Labute approximate surface area is 115 Å². The van der Waals surface area contributed by atoms with Crippen LogP contribution in [0.1, 0.15) is 11.1 Å². The predicted molar refractivity (Wildman–Crippen MR) is 74.3 cm³/mol. The Morgan fingerprint density at radius 2 is 1.90 bits per heavy atom. The van der Waals surface area contributed by atoms with E-state index in [1.165, 1.54) is 6.07 Å². The lowest BCUT2D eigenvalue weighted by Crippen LogP contribution is -2.15. The molecule has 2 aromatic rings. The Morgan fingerprint density at radius 3 is 2.60 bits per heavy atom. The Morgan fingerprint density at radius 1 is 1.15 bits per heavy atom. The molecule has 2 rings (SSSR count). The van der Waals surface area contributed by atoms with E-state index in [0.29, 0.717) is 16.9 Å². The molecule has 2 aromatic carbocycles. The zero-order valence-corrected chi connectivity index (χ0v) is 10.9. The first kappa shape index (κ1) is 14.0. The topological polar surface area (TPSA) is 55.1 Å². The van der Waals surface area contributed by atoms with Crippen LogP contribution in [-0.4, -0.2) is 5.91 Å². The van der Waals surface area contributed by atoms with E-state index in [2.05, 4.69) is 5.32 Å². The second-order valence-corrected chi connectivity index (χ2v) is 4.55. The molecule has 0 bridgehead atoms. The lowest BCUT2D eigenvalue weighted by atomic mass is 10.1. The lowest BCUT2D eigenvalue weighted by molar-refractivity contribution is -0.115. The van der Waals surface area contributed by atoms with Gasteiger partial charge in [0.15, 0.2) is 11.6 Å². The summed E-state index contributed by atoms with van der Waals surface area (Å²) in [5.74, 6) is -2.21. The van der Waals surface area contributed by atoms with Crippen LogP contribution in [0.25, 0.3) is 0 Å². The second-order valence-electron chi connectivity index (χ2n) is 4.55. The zero-order chi connectivity index (χ0) is 14.7. The highest BCUT2D eigenvalue weighted by molar-refractivity contribution is 5.93. The van der Waals surface area contributed by atoms with Crippen LogP contribution in [-0.2, 0) is 11.2 Å². The minimum atomic E-state index is -0.963. The maximum Gasteiger partial charge on any atom is 0.228 e. The van der Waals surface area contributed by atoms with E-state index in [4.69, 9.17) is 5.73 Å². The third-order valence-corrected chi connectivity index (χ3v) is 2.88. The second kappa shape index (κ2) is 5.69. The van der Waals surface area contributed by atoms with Gasteiger partial charge < -0.3 is 11.1 Å². The van der Waals surface area contributed by atoms with Gasteiger partial charge in [-0.1, -0.05) is 12.1 Å². The minimum absolute atomic E-state index is 0.0363. The van der Waals surface area contributed by atoms with E-state index in [1.54, 1.807) is 18.2 Å². The molecule has 0 fully saturated rings. The fourth-order valence-electron chi connectivity index (χ4n) is 1.80. The first-order valence-electron chi connectivity index (χ1n) is 6.05. The Bertz CT molecular complexity index is 656. The summed E-state index contributed by atoms with van der Waals surface area (Å²) in [7, 11) is 0. The maximum absolute atomic E-state index is 13.1. The summed E-state index contributed by atoms with van der Waals surface area (Å²) >= 11 is 0. The third kappa shape index (κ3) is 3.32. The van der Waals surface area contributed by atoms with Crippen LogP contribution in [0.4, 0.5) is 20.2 Å². The van der Waals surface area contributed by atoms with E-state index >= 15 is 0 Å². The van der Waals surface area contributed by atoms with Gasteiger partial charge in [-0.3, -0.25) is 4.79 Å². The SMILES string of the molecule is Cc1ccc(N)cc1NC(=O)Cc1ccc(F)c(F)c1. The number of aryl methyl sites for hydroxylation is 1. The van der Waals surface area contributed by atoms with Gasteiger partial charge in [-0.2, -0.15) is 0 Å². The van der Waals surface area contributed by atoms with Gasteiger partial charge in [-0.25, -0.2) is 8.78 Å². The monoisotopic (exact) mass is 276 g/mol. The van der Waals surface area contributed by atoms with Crippen LogP contribution in [0, 0.1) is 18.6 Å². The van der Waals surface area contributed by atoms with Crippen molar-refractivity contribution in [3.8, 4) is 0 Å². The van der Waals surface area contributed by atoms with Crippen LogP contribution in [0.15, 0.2) is 36.4 Å². The molecule has 0 aliphatic heterocycles. The Hall–Kier alpha value is -2.43. The molecule has 0 atom stereocenters. The van der Waals surface area contributed by atoms with Crippen molar-refractivity contribution in [1.29, 1.82) is 0 Å². The number of carbonyl (C=O) groups is 1. The molecular formula is C15H14F2N2O. The van der Waals surface area contributed by atoms with Crippen molar-refractivity contribution in [3.63, 3.8) is 0 Å². The van der Waals surface area contributed by atoms with Gasteiger partial charge in [0.1, 0.15) is 0 Å². The van der Waals surface area contributed by atoms with Gasteiger partial charge in [0.25, 0.3) is 0 Å². The number of nitrogen functional groups attached to an aromatic ring is 1. The van der Waals surface area contributed by atoms with Crippen molar-refractivity contribution in [3.05, 3.63) is 59.2 Å². The van der Waals surface area contributed by atoms with E-state index in [1.807, 2.05) is 6.92 Å². The molecule has 104 valence electrons. The number of benzene rings is 2. The van der Waals surface area contributed by atoms with Crippen molar-refractivity contribution in [2.45, 2.75) is 13.3 Å². The molecule has 3 nitrogen and oxygen atoms in total. The van der Waals surface area contributed by atoms with Crippen LogP contribution in [0.5, 0.6) is 0 Å². The van der Waals surface area contributed by atoms with Crippen LogP contribution < -0.4 is 11.1 Å². The van der Waals surface area contributed by atoms with Crippen LogP contribution in [0.3, 0.4) is 0 Å². The number of nitrogens with one attached hydrogen (secondary N) is 1. The normalized spacial score (nSPS) is 10.3. The van der Waals surface area contributed by atoms with Crippen molar-refractivity contribution >= 4 is 17.3 Å². The lowest BCUT2D eigenvalue weighted by Gasteiger charge is -2.09. The summed E-state index contributed by atoms with van der Waals surface area (Å²) in [6, 6.07) is 8.58. The molecule has 0 aromatic heterocycles. The van der Waals surface area contributed by atoms with Gasteiger partial charge in [0.2, 0.25) is 5.91 Å². The standard InChI is InChI=1S/C15H14F2N2O/c1-9-2-4-11(18)8-14(9)19-15(20)7-10-3-5-12(16)13(17)6-10/h2-6,8H,7,18H2,1H3,(H,19,20). The summed E-state index contributed by atoms with van der Waals surface area (Å²) in [5, 5.41) is 2.70. The summed E-state index contributed by atoms with van der Waals surface area (Å²) in [6.45, 7) is 1.84. The zero-order valence-electron chi connectivity index (χ0n) is 10.9. The highest BCUT2D eigenvalue weighted by Crippen LogP contribution is 2.18. The smallest absolute Gasteiger partial charge is 0.228 e. The van der Waals surface area contributed by atoms with Gasteiger partial charge >= 0.3 is 0 Å². The molecule has 20 heavy (non-hydrogen) atoms. The molecule has 0 radical (unpaired) electrons. The van der Waals surface area contributed by atoms with Crippen LogP contribution in [0.2, 0.25) is 0 Å². The molecule has 0 aliphatic rings. The number of rotatable bonds is 3. The highest BCUT2D eigenvalue weighted by Gasteiger charge is 2.09. The molecule has 5 heteroatoms. The van der Waals surface area contributed by atoms with Crippen molar-refractivity contribution < 1.29 is 13.6 Å². The van der Waals surface area contributed by atoms with Gasteiger partial charge in [-0.15, -0.1) is 0 Å². The van der Waals surface area contributed by atoms with Gasteiger partial charge in [0, 0.05) is 11.4 Å². The minimum Gasteiger partial charge on any atom is -0.399 e. The molecule has 0 saturated heterocycles. The average molecular weight is 276 g/mol. The van der Waals surface area contributed by atoms with E-state index in [-0.39, 0.29) is 12.3 Å². The van der Waals surface area contributed by atoms with Crippen LogP contribution >= 0.6 is 0 Å². The van der Waals surface area contributed by atoms with Crippen molar-refractivity contribution in [2.75, 3.05) is 11.1 Å². The Kier molecular flexibility index (Phi) is 3.98. The molecule has 1 amide bonds. The predicted octanol–water partition coefficient (Wildman–Crippen LogP) is 3.04. The molecule has 3 N–H and O–H groups in total. The number of hydrogen-bond acceptors (Lipinski definition) is 2. The molecular weight excluding hydrogens is 262 g/mol. The third-order valence-electron chi connectivity index (χ3n) is 2.88. The first-order valence-corrected chi connectivity index (χ1v) is 6.05. The quantitative estimate of drug-likeness (QED) is 0.847. The fourth-order valence-corrected chi connectivity index (χ4v) is 1.80. The van der Waals surface area contributed by atoms with Crippen molar-refractivity contribution in [1.82, 2.24) is 0 Å². The number of amides is 1. The number of carbonyl (C=O) groups excluding carboxylic acids is 1. The highest BCUT2D eigenvalue weighted by atomic mass is 19.2. The van der Waals surface area contributed by atoms with Gasteiger partial charge in [0.05, 0.1) is 6.42 Å². The average Bonchev–Trinajstić information content (AvgIpc) is 2.38. The summed E-state index contributed by atoms with van der Waals surface area (Å²) in [4.78, 5) is 11.9. The summed E-state index contributed by atoms with van der Waals surface area (Å²) < 4.78 is 25.8. The molecule has 0 unspecified atom stereocenters. The molecule has 0 heterocycles. The maximum atomic E-state index is 13.1. The summed E-state index contributed by atoms with van der Waals surface area (Å²) in [6.07, 6.45) is -0.0363. The van der Waals surface area contributed by atoms with E-state index in [9.17, 15) is 13.6 Å². The first-order chi connectivity index (χ1) is 9.45. The fraction of sp³-hybridized carbons (Fsp3) is 0.133. The number of anilines is 2. The number of halogens is 2. The van der Waals surface area contributed by atoms with Gasteiger partial charge in [-0.05, 0) is 42.3 Å². The molecule has 0 spiro atoms. The molecule has 0 saturated carbocycles. The van der Waals surface area contributed by atoms with E-state index < -0.39 is 11.6 Å². The van der Waals surface area contributed by atoms with Crippen molar-refractivity contribution in [2.24, 2.45) is 0 Å². The Balaban J connectivity index is 2.09. The molecule has 0 aliphatic carbocycles. The largest absolute Gasteiger partial charge is 0.399 e.